The van der Waals surface area contributed by atoms with Crippen molar-refractivity contribution in [1.82, 2.24) is 9.88 Å². The molecule has 1 rings (SSSR count). The first-order valence-corrected chi connectivity index (χ1v) is 6.26. The Balaban J connectivity index is 2.69. The second-order valence-corrected chi connectivity index (χ2v) is 4.14. The lowest BCUT2D eigenvalue weighted by atomic mass is 10.2. The average Bonchev–Trinajstić information content (AvgIpc) is 2.38. The third-order valence-corrected chi connectivity index (χ3v) is 2.85. The molecule has 0 saturated carbocycles. The first-order valence-electron chi connectivity index (χ1n) is 5.85. The van der Waals surface area contributed by atoms with Gasteiger partial charge in [-0.15, -0.1) is 0 Å². The van der Waals surface area contributed by atoms with E-state index in [1.54, 1.807) is 23.4 Å². The number of thiocarbonyl (C=S) groups is 1. The van der Waals surface area contributed by atoms with Gasteiger partial charge in [0.1, 0.15) is 4.99 Å². The predicted molar refractivity (Wildman–Crippen MR) is 76.5 cm³/mol. The maximum atomic E-state index is 11.8. The van der Waals surface area contributed by atoms with Crippen molar-refractivity contribution in [3.8, 4) is 0 Å². The summed E-state index contributed by atoms with van der Waals surface area (Å²) in [5.74, 6) is 0.0396. The van der Waals surface area contributed by atoms with Crippen molar-refractivity contribution in [2.75, 3.05) is 25.0 Å². The van der Waals surface area contributed by atoms with E-state index in [4.69, 9.17) is 18.0 Å². The molecule has 0 radical (unpaired) electrons. The number of hydrogen-bond acceptors (Lipinski definition) is 4. The molecule has 98 valence electrons. The van der Waals surface area contributed by atoms with Crippen molar-refractivity contribution in [2.45, 2.75) is 13.8 Å². The van der Waals surface area contributed by atoms with Gasteiger partial charge >= 0.3 is 0 Å². The van der Waals surface area contributed by atoms with E-state index < -0.39 is 0 Å². The summed E-state index contributed by atoms with van der Waals surface area (Å²) >= 11 is 4.94. The van der Waals surface area contributed by atoms with Crippen LogP contribution in [0.1, 0.15) is 19.4 Å². The molecule has 0 spiro atoms. The number of hydrogen-bond donors (Lipinski definition) is 2. The van der Waals surface area contributed by atoms with Crippen LogP contribution in [0.15, 0.2) is 18.5 Å². The van der Waals surface area contributed by atoms with Gasteiger partial charge in [-0.05, 0) is 19.9 Å². The van der Waals surface area contributed by atoms with Crippen molar-refractivity contribution in [3.05, 3.63) is 24.0 Å². The van der Waals surface area contributed by atoms with E-state index in [2.05, 4.69) is 10.3 Å². The molecule has 18 heavy (non-hydrogen) atoms. The summed E-state index contributed by atoms with van der Waals surface area (Å²) in [5, 5.41) is 3.02. The number of pyridine rings is 1. The van der Waals surface area contributed by atoms with Crippen LogP contribution in [0.2, 0.25) is 0 Å². The molecule has 1 amide bonds. The number of nitrogens with zero attached hydrogens (tertiary/aromatic N) is 2. The zero-order valence-corrected chi connectivity index (χ0v) is 11.5. The maximum Gasteiger partial charge on any atom is 0.241 e. The molecule has 1 heterocycles. The van der Waals surface area contributed by atoms with E-state index in [0.29, 0.717) is 24.3 Å². The van der Waals surface area contributed by atoms with Gasteiger partial charge in [0.25, 0.3) is 0 Å². The van der Waals surface area contributed by atoms with Crippen LogP contribution in [0.3, 0.4) is 0 Å². The summed E-state index contributed by atoms with van der Waals surface area (Å²) in [6.07, 6.45) is 3.23. The number of carbonyl (C=O) groups is 1. The Kier molecular flexibility index (Phi) is 5.51. The third kappa shape index (κ3) is 3.66. The SMILES string of the molecule is CCN(CC)C(=O)CNc1cnccc1C(N)=S. The lowest BCUT2D eigenvalue weighted by Crippen LogP contribution is -2.35. The van der Waals surface area contributed by atoms with Crippen LogP contribution in [-0.2, 0) is 4.79 Å². The fourth-order valence-corrected chi connectivity index (χ4v) is 1.79. The zero-order valence-electron chi connectivity index (χ0n) is 10.6. The van der Waals surface area contributed by atoms with Crippen molar-refractivity contribution in [1.29, 1.82) is 0 Å². The van der Waals surface area contributed by atoms with Gasteiger partial charge in [0.15, 0.2) is 0 Å². The molecule has 5 nitrogen and oxygen atoms in total. The molecule has 0 unspecified atom stereocenters. The minimum Gasteiger partial charge on any atom is -0.389 e. The lowest BCUT2D eigenvalue weighted by molar-refractivity contribution is -0.128. The number of nitrogens with one attached hydrogen (secondary N) is 1. The van der Waals surface area contributed by atoms with Crippen LogP contribution in [0, 0.1) is 0 Å². The summed E-state index contributed by atoms with van der Waals surface area (Å²) < 4.78 is 0. The molecule has 0 aliphatic heterocycles. The minimum absolute atomic E-state index is 0.0396. The number of carbonyl (C=O) groups excluding carboxylic acids is 1. The highest BCUT2D eigenvalue weighted by atomic mass is 32.1. The van der Waals surface area contributed by atoms with Gasteiger partial charge in [-0.1, -0.05) is 12.2 Å². The molecule has 3 N–H and O–H groups in total. The first-order chi connectivity index (χ1) is 8.60. The molecule has 0 atom stereocenters. The molecule has 0 aromatic carbocycles. The molecule has 6 heteroatoms. The van der Waals surface area contributed by atoms with E-state index >= 15 is 0 Å². The maximum absolute atomic E-state index is 11.8. The average molecular weight is 266 g/mol. The van der Waals surface area contributed by atoms with E-state index in [-0.39, 0.29) is 17.4 Å². The van der Waals surface area contributed by atoms with Crippen LogP contribution in [-0.4, -0.2) is 40.4 Å². The van der Waals surface area contributed by atoms with Crippen molar-refractivity contribution in [3.63, 3.8) is 0 Å². The van der Waals surface area contributed by atoms with E-state index in [0.717, 1.165) is 0 Å². The summed E-state index contributed by atoms with van der Waals surface area (Å²) in [4.78, 5) is 17.9. The van der Waals surface area contributed by atoms with Crippen molar-refractivity contribution < 1.29 is 4.79 Å². The molecule has 0 saturated heterocycles. The fraction of sp³-hybridized carbons (Fsp3) is 0.417. The summed E-state index contributed by atoms with van der Waals surface area (Å²) in [6, 6.07) is 1.73. The summed E-state index contributed by atoms with van der Waals surface area (Å²) in [6.45, 7) is 5.51. The number of likely N-dealkylation sites (N-methyl/N-ethyl adjacent to an activating group) is 1. The third-order valence-electron chi connectivity index (χ3n) is 2.63. The predicted octanol–water partition coefficient (Wildman–Crippen LogP) is 0.996. The molecular formula is C12H18N4OS. The van der Waals surface area contributed by atoms with Gasteiger partial charge in [0, 0.05) is 24.8 Å². The molecule has 0 aliphatic carbocycles. The van der Waals surface area contributed by atoms with Gasteiger partial charge in [-0.25, -0.2) is 0 Å². The zero-order chi connectivity index (χ0) is 13.5. The first kappa shape index (κ1) is 14.4. The number of aromatic nitrogens is 1. The number of nitrogens with two attached hydrogens (primary N) is 1. The minimum atomic E-state index is 0.0396. The topological polar surface area (TPSA) is 71.2 Å². The van der Waals surface area contributed by atoms with Crippen LogP contribution in [0.25, 0.3) is 0 Å². The summed E-state index contributed by atoms with van der Waals surface area (Å²) in [5.41, 5.74) is 6.99. The molecule has 1 aromatic heterocycles. The largest absolute Gasteiger partial charge is 0.389 e. The number of anilines is 1. The molecule has 0 bridgehead atoms. The highest BCUT2D eigenvalue weighted by Crippen LogP contribution is 2.12. The van der Waals surface area contributed by atoms with E-state index in [1.165, 1.54) is 0 Å². The Morgan fingerprint density at radius 3 is 2.72 bits per heavy atom. The Labute approximate surface area is 112 Å². The second kappa shape index (κ2) is 6.90. The molecule has 0 aliphatic rings. The highest BCUT2D eigenvalue weighted by Gasteiger charge is 2.10. The quantitative estimate of drug-likeness (QED) is 0.752. The van der Waals surface area contributed by atoms with Crippen molar-refractivity contribution >= 4 is 28.8 Å². The smallest absolute Gasteiger partial charge is 0.241 e. The van der Waals surface area contributed by atoms with Gasteiger partial charge in [0.05, 0.1) is 18.4 Å². The number of rotatable bonds is 6. The van der Waals surface area contributed by atoms with Crippen LogP contribution in [0.5, 0.6) is 0 Å². The van der Waals surface area contributed by atoms with E-state index in [1.807, 2.05) is 13.8 Å². The Morgan fingerprint density at radius 1 is 1.50 bits per heavy atom. The summed E-state index contributed by atoms with van der Waals surface area (Å²) in [7, 11) is 0. The van der Waals surface area contributed by atoms with Crippen LogP contribution >= 0.6 is 12.2 Å². The lowest BCUT2D eigenvalue weighted by Gasteiger charge is -2.19. The number of amides is 1. The van der Waals surface area contributed by atoms with E-state index in [9.17, 15) is 4.79 Å². The fourth-order valence-electron chi connectivity index (χ4n) is 1.61. The van der Waals surface area contributed by atoms with Gasteiger partial charge in [-0.2, -0.15) is 0 Å². The molecular weight excluding hydrogens is 248 g/mol. The standard InChI is InChI=1S/C12H18N4OS/c1-3-16(4-2)11(17)8-15-10-7-14-6-5-9(10)12(13)18/h5-7,15H,3-4,8H2,1-2H3,(H2,13,18). The Bertz CT molecular complexity index is 432. The Morgan fingerprint density at radius 2 is 2.17 bits per heavy atom. The monoisotopic (exact) mass is 266 g/mol. The molecule has 0 fully saturated rings. The van der Waals surface area contributed by atoms with Crippen LogP contribution < -0.4 is 11.1 Å². The second-order valence-electron chi connectivity index (χ2n) is 3.71. The molecule has 1 aromatic rings. The van der Waals surface area contributed by atoms with Gasteiger partial charge in [-0.3, -0.25) is 9.78 Å². The highest BCUT2D eigenvalue weighted by molar-refractivity contribution is 7.80. The van der Waals surface area contributed by atoms with Gasteiger partial charge in [0.2, 0.25) is 5.91 Å². The van der Waals surface area contributed by atoms with Gasteiger partial charge < -0.3 is 16.0 Å². The van der Waals surface area contributed by atoms with Crippen LogP contribution in [0.4, 0.5) is 5.69 Å². The normalized spacial score (nSPS) is 9.89. The van der Waals surface area contributed by atoms with Crippen molar-refractivity contribution in [2.24, 2.45) is 5.73 Å². The Hall–Kier alpha value is -1.69.